The van der Waals surface area contributed by atoms with E-state index in [0.29, 0.717) is 13.0 Å². The van der Waals surface area contributed by atoms with Crippen LogP contribution in [-0.4, -0.2) is 130 Å². The number of benzene rings is 2. The van der Waals surface area contributed by atoms with Crippen molar-refractivity contribution in [3.8, 4) is 17.2 Å². The van der Waals surface area contributed by atoms with Gasteiger partial charge in [-0.15, -0.1) is 0 Å². The van der Waals surface area contributed by atoms with Crippen LogP contribution in [0.5, 0.6) is 17.2 Å². The Labute approximate surface area is 435 Å². The molecule has 0 saturated carbocycles. The summed E-state index contributed by atoms with van der Waals surface area (Å²) in [7, 11) is 1.33. The van der Waals surface area contributed by atoms with Crippen LogP contribution in [0.25, 0.3) is 0 Å². The van der Waals surface area contributed by atoms with Crippen molar-refractivity contribution in [2.75, 3.05) is 33.5 Å². The van der Waals surface area contributed by atoms with Crippen LogP contribution in [0.4, 0.5) is 0 Å². The Morgan fingerprint density at radius 2 is 1.36 bits per heavy atom. The lowest BCUT2D eigenvalue weighted by molar-refractivity contribution is -0.261. The fourth-order valence-electron chi connectivity index (χ4n) is 10.5. The number of fused-ring (bicyclic) bond motifs is 3. The smallest absolute Gasteiger partial charge is 0.306 e. The molecule has 0 aromatic heterocycles. The number of aliphatic hydroxyl groups is 3. The molecule has 0 radical (unpaired) electrons. The average Bonchev–Trinajstić information content (AvgIpc) is 3.38. The highest BCUT2D eigenvalue weighted by atomic mass is 17.1. The first-order valence-electron chi connectivity index (χ1n) is 27.3. The number of aromatic hydroxyl groups is 2. The molecule has 18 nitrogen and oxygen atoms in total. The fourth-order valence-corrected chi connectivity index (χ4v) is 10.5. The number of nitrogens with one attached hydrogen (secondary N) is 1. The standard InChI is InChI=1S/C56H83NO17/c1-4-5-6-7-8-9-10-11-12-13-14-15-18-21-27-44(60)70-34-37(35-71-68)73-45(61)28-22-19-16-17-20-23-29-57-40-30-46(72-36(2)51(40)62)74-42-32-56(67,43(59)33-58)31-39-48(42)55(66)50-49(53(39)64)52(63)38-25-24-26-41(69-3)47(38)54(50)65/h24-26,36-37,40,42,46,51,57-58,62,64,66-68H,4-23,27-35H2,1-3H3/t36-,37?,40-,42-,46?,51+,56-/m0/s1. The van der Waals surface area contributed by atoms with E-state index in [9.17, 15) is 49.5 Å². The minimum Gasteiger partial charge on any atom is -0.507 e. The maximum absolute atomic E-state index is 14.0. The summed E-state index contributed by atoms with van der Waals surface area (Å²) in [5.41, 5.74) is -3.76. The van der Waals surface area contributed by atoms with Crippen LogP contribution in [0, 0.1) is 0 Å². The van der Waals surface area contributed by atoms with Gasteiger partial charge < -0.3 is 54.5 Å². The van der Waals surface area contributed by atoms with Crippen molar-refractivity contribution in [3.63, 3.8) is 0 Å². The Morgan fingerprint density at radius 1 is 0.784 bits per heavy atom. The van der Waals surface area contributed by atoms with Crippen molar-refractivity contribution in [2.24, 2.45) is 0 Å². The Bertz CT molecular complexity index is 2150. The summed E-state index contributed by atoms with van der Waals surface area (Å²) < 4.78 is 28.5. The zero-order valence-corrected chi connectivity index (χ0v) is 43.9. The quantitative estimate of drug-likeness (QED) is 0.00961. The molecule has 0 spiro atoms. The maximum atomic E-state index is 14.0. The normalized spacial score (nSPS) is 21.6. The Kier molecular flexibility index (Phi) is 25.2. The van der Waals surface area contributed by atoms with Crippen molar-refractivity contribution in [3.05, 3.63) is 51.6 Å². The minimum absolute atomic E-state index is 0.0674. The van der Waals surface area contributed by atoms with Crippen molar-refractivity contribution in [1.29, 1.82) is 0 Å². The van der Waals surface area contributed by atoms with E-state index >= 15 is 0 Å². The SMILES string of the molecule is CCCCCCCCCCCCCCCCC(=O)OCC(COO)OC(=O)CCCCCCCCN[C@H]1CC(O[C@H]2C[C@](O)(C(=O)CO)Cc3c(O)c4c(c(O)c32)C(=O)c2c(OC)cccc2C4=O)O[C@@H](C)[C@H]1O. The van der Waals surface area contributed by atoms with Gasteiger partial charge in [-0.05, 0) is 38.8 Å². The van der Waals surface area contributed by atoms with Gasteiger partial charge in [-0.3, -0.25) is 29.2 Å². The summed E-state index contributed by atoms with van der Waals surface area (Å²) in [6, 6.07) is 3.85. The minimum atomic E-state index is -2.30. The number of methoxy groups -OCH3 is 1. The number of esters is 2. The fraction of sp³-hybridized carbons (Fsp3) is 0.696. The monoisotopic (exact) mass is 1040 g/mol. The first kappa shape index (κ1) is 60.3. The van der Waals surface area contributed by atoms with Gasteiger partial charge in [0.25, 0.3) is 0 Å². The molecular formula is C56H83NO17. The lowest BCUT2D eigenvalue weighted by atomic mass is 9.72. The third-order valence-corrected chi connectivity index (χ3v) is 14.7. The molecule has 2 unspecified atom stereocenters. The maximum Gasteiger partial charge on any atom is 0.306 e. The van der Waals surface area contributed by atoms with E-state index in [0.717, 1.165) is 51.4 Å². The Hall–Kier alpha value is -4.53. The van der Waals surface area contributed by atoms with Crippen LogP contribution in [-0.2, 0) is 44.6 Å². The number of ketones is 3. The van der Waals surface area contributed by atoms with E-state index in [1.807, 2.05) is 0 Å². The summed E-state index contributed by atoms with van der Waals surface area (Å²) in [5, 5.41) is 68.4. The zero-order chi connectivity index (χ0) is 53.6. The number of rotatable bonds is 35. The van der Waals surface area contributed by atoms with Crippen LogP contribution in [0.2, 0.25) is 0 Å². The molecule has 414 valence electrons. The molecule has 7 N–H and O–H groups in total. The molecule has 0 amide bonds. The first-order chi connectivity index (χ1) is 35.7. The molecule has 1 heterocycles. The van der Waals surface area contributed by atoms with Gasteiger partial charge in [0.15, 0.2) is 24.0 Å². The number of Topliss-reactive ketones (excluding diaryl/α,β-unsaturated/α-hetero) is 1. The molecule has 1 aliphatic heterocycles. The molecule has 74 heavy (non-hydrogen) atoms. The summed E-state index contributed by atoms with van der Waals surface area (Å²) in [5.74, 6) is -4.70. The molecule has 0 bridgehead atoms. The number of carbonyl (C=O) groups excluding carboxylic acids is 5. The number of phenolic OH excluding ortho intramolecular Hbond substituents is 2. The zero-order valence-electron chi connectivity index (χ0n) is 43.9. The van der Waals surface area contributed by atoms with Crippen molar-refractivity contribution in [1.82, 2.24) is 5.32 Å². The van der Waals surface area contributed by atoms with Crippen LogP contribution in [0.1, 0.15) is 217 Å². The van der Waals surface area contributed by atoms with Gasteiger partial charge in [0.1, 0.15) is 42.7 Å². The van der Waals surface area contributed by atoms with Crippen LogP contribution in [0.15, 0.2) is 18.2 Å². The van der Waals surface area contributed by atoms with E-state index in [4.69, 9.17) is 28.9 Å². The average molecular weight is 1040 g/mol. The van der Waals surface area contributed by atoms with Crippen LogP contribution >= 0.6 is 0 Å². The molecule has 3 aliphatic rings. The lowest BCUT2D eigenvalue weighted by Gasteiger charge is -2.43. The number of ether oxygens (including phenoxy) is 5. The van der Waals surface area contributed by atoms with Gasteiger partial charge >= 0.3 is 11.9 Å². The van der Waals surface area contributed by atoms with Gasteiger partial charge in [0, 0.05) is 54.8 Å². The number of aliphatic hydroxyl groups excluding tert-OH is 2. The second-order valence-corrected chi connectivity index (χ2v) is 20.4. The first-order valence-corrected chi connectivity index (χ1v) is 27.3. The Balaban J connectivity index is 1.00. The third kappa shape index (κ3) is 16.7. The van der Waals surface area contributed by atoms with Gasteiger partial charge in [-0.25, -0.2) is 4.89 Å². The highest BCUT2D eigenvalue weighted by Crippen LogP contribution is 2.52. The van der Waals surface area contributed by atoms with E-state index in [2.05, 4.69) is 17.1 Å². The summed E-state index contributed by atoms with van der Waals surface area (Å²) in [6.07, 6.45) is 16.2. The molecule has 5 rings (SSSR count). The predicted octanol–water partition coefficient (Wildman–Crippen LogP) is 8.18. The number of phenols is 2. The molecule has 7 atom stereocenters. The molecule has 18 heteroatoms. The predicted molar refractivity (Wildman–Crippen MR) is 272 cm³/mol. The second kappa shape index (κ2) is 30.9. The molecule has 2 aliphatic carbocycles. The molecule has 1 saturated heterocycles. The highest BCUT2D eigenvalue weighted by molar-refractivity contribution is 6.31. The molecule has 2 aromatic rings. The van der Waals surface area contributed by atoms with E-state index in [-0.39, 0.29) is 66.4 Å². The lowest BCUT2D eigenvalue weighted by Crippen LogP contribution is -2.54. The summed E-state index contributed by atoms with van der Waals surface area (Å²) in [6.45, 7) is 2.87. The number of hydrogen-bond acceptors (Lipinski definition) is 18. The molecule has 1 fully saturated rings. The van der Waals surface area contributed by atoms with Crippen molar-refractivity contribution in [2.45, 2.75) is 217 Å². The second-order valence-electron chi connectivity index (χ2n) is 20.4. The molecule has 2 aromatic carbocycles. The van der Waals surface area contributed by atoms with Gasteiger partial charge in [0.2, 0.25) is 5.78 Å². The van der Waals surface area contributed by atoms with Crippen LogP contribution < -0.4 is 10.1 Å². The van der Waals surface area contributed by atoms with Gasteiger partial charge in [0.05, 0.1) is 42.1 Å². The van der Waals surface area contributed by atoms with Crippen molar-refractivity contribution >= 4 is 29.3 Å². The van der Waals surface area contributed by atoms with E-state index in [1.54, 1.807) is 6.92 Å². The molecular weight excluding hydrogens is 959 g/mol. The number of hydrogen-bond donors (Lipinski definition) is 7. The van der Waals surface area contributed by atoms with Crippen molar-refractivity contribution < 1.29 is 83.3 Å². The van der Waals surface area contributed by atoms with Gasteiger partial charge in [-0.2, -0.15) is 0 Å². The van der Waals surface area contributed by atoms with E-state index < -0.39 is 108 Å². The third-order valence-electron chi connectivity index (χ3n) is 14.7. The Morgan fingerprint density at radius 3 is 1.96 bits per heavy atom. The summed E-state index contributed by atoms with van der Waals surface area (Å²) >= 11 is 0. The topological polar surface area (TPSA) is 274 Å². The van der Waals surface area contributed by atoms with Gasteiger partial charge in [-0.1, -0.05) is 128 Å². The summed E-state index contributed by atoms with van der Waals surface area (Å²) in [4.78, 5) is 69.9. The van der Waals surface area contributed by atoms with E-state index in [1.165, 1.54) is 95.9 Å². The largest absolute Gasteiger partial charge is 0.507 e. The number of unbranched alkanes of at least 4 members (excludes halogenated alkanes) is 18. The highest BCUT2D eigenvalue weighted by Gasteiger charge is 2.50. The van der Waals surface area contributed by atoms with Crippen LogP contribution in [0.3, 0.4) is 0 Å². The number of carbonyl (C=O) groups is 5.